The fraction of sp³-hybridized carbons (Fsp3) is 0.783. The van der Waals surface area contributed by atoms with Crippen LogP contribution in [-0.2, 0) is 11.3 Å². The van der Waals surface area contributed by atoms with Crippen LogP contribution in [0.25, 0.3) is 0 Å². The summed E-state index contributed by atoms with van der Waals surface area (Å²) in [7, 11) is 0. The van der Waals surface area contributed by atoms with Crippen molar-refractivity contribution in [1.29, 1.82) is 0 Å². The summed E-state index contributed by atoms with van der Waals surface area (Å²) in [5.74, 6) is 2.90. The van der Waals surface area contributed by atoms with Crippen LogP contribution in [0, 0.1) is 31.6 Å². The number of aromatic amines is 1. The van der Waals surface area contributed by atoms with Gasteiger partial charge in [0.15, 0.2) is 0 Å². The first-order valence-corrected chi connectivity index (χ1v) is 11.9. The number of likely N-dealkylation sites (tertiary alicyclic amines) is 1. The number of rotatable bonds is 7. The Morgan fingerprint density at radius 1 is 1.10 bits per heavy atom. The van der Waals surface area contributed by atoms with E-state index in [1.165, 1.54) is 55.7 Å². The molecule has 7 heteroatoms. The lowest BCUT2D eigenvalue weighted by Gasteiger charge is -2.37. The summed E-state index contributed by atoms with van der Waals surface area (Å²) in [5.41, 5.74) is 4.91. The summed E-state index contributed by atoms with van der Waals surface area (Å²) in [4.78, 5) is 2.64. The summed E-state index contributed by atoms with van der Waals surface area (Å²) in [6.45, 7) is 8.54. The van der Waals surface area contributed by atoms with Crippen molar-refractivity contribution in [2.45, 2.75) is 77.0 Å². The highest BCUT2D eigenvalue weighted by Gasteiger charge is 2.44. The Kier molecular flexibility index (Phi) is 4.71. The van der Waals surface area contributed by atoms with Gasteiger partial charge in [0.2, 0.25) is 0 Å². The van der Waals surface area contributed by atoms with Gasteiger partial charge in [-0.2, -0.15) is 5.10 Å². The molecule has 2 aromatic rings. The smallest absolute Gasteiger partial charge is 0.0858 e. The zero-order valence-corrected chi connectivity index (χ0v) is 18.3. The van der Waals surface area contributed by atoms with Gasteiger partial charge in [-0.1, -0.05) is 5.21 Å². The molecule has 0 amide bonds. The molecule has 4 atom stereocenters. The van der Waals surface area contributed by atoms with E-state index < -0.39 is 0 Å². The maximum Gasteiger partial charge on any atom is 0.0858 e. The van der Waals surface area contributed by atoms with Gasteiger partial charge in [-0.15, -0.1) is 5.10 Å². The van der Waals surface area contributed by atoms with Gasteiger partial charge in [0.25, 0.3) is 0 Å². The van der Waals surface area contributed by atoms with Crippen molar-refractivity contribution in [3.05, 3.63) is 28.8 Å². The van der Waals surface area contributed by atoms with E-state index in [4.69, 9.17) is 4.74 Å². The predicted octanol–water partition coefficient (Wildman–Crippen LogP) is 3.37. The zero-order valence-electron chi connectivity index (χ0n) is 18.3. The molecule has 3 saturated carbocycles. The Hall–Kier alpha value is -1.73. The van der Waals surface area contributed by atoms with E-state index in [-0.39, 0.29) is 6.10 Å². The number of hydrogen-bond acceptors (Lipinski definition) is 5. The van der Waals surface area contributed by atoms with E-state index in [0.29, 0.717) is 12.0 Å². The van der Waals surface area contributed by atoms with Crippen LogP contribution in [0.2, 0.25) is 0 Å². The second-order valence-electron chi connectivity index (χ2n) is 10.4. The topological polar surface area (TPSA) is 71.9 Å². The average Bonchev–Trinajstić information content (AvgIpc) is 3.65. The Labute approximate surface area is 178 Å². The number of fused-ring (bicyclic) bond motifs is 1. The molecule has 4 fully saturated rings. The summed E-state index contributed by atoms with van der Waals surface area (Å²) >= 11 is 0. The second kappa shape index (κ2) is 7.45. The third kappa shape index (κ3) is 3.71. The second-order valence-corrected chi connectivity index (χ2v) is 10.4. The van der Waals surface area contributed by atoms with Gasteiger partial charge < -0.3 is 4.74 Å². The van der Waals surface area contributed by atoms with E-state index in [1.807, 2.05) is 0 Å². The molecule has 0 aromatic carbocycles. The van der Waals surface area contributed by atoms with Gasteiger partial charge in [0.05, 0.1) is 23.5 Å². The molecule has 2 aromatic heterocycles. The molecule has 0 radical (unpaired) electrons. The maximum atomic E-state index is 6.52. The lowest BCUT2D eigenvalue weighted by atomic mass is 9.77. The maximum absolute atomic E-state index is 6.52. The fourth-order valence-corrected chi connectivity index (χ4v) is 5.67. The van der Waals surface area contributed by atoms with Crippen LogP contribution < -0.4 is 0 Å². The van der Waals surface area contributed by atoms with E-state index in [9.17, 15) is 0 Å². The molecule has 6 rings (SSSR count). The number of aromatic nitrogens is 5. The van der Waals surface area contributed by atoms with Crippen LogP contribution in [0.5, 0.6) is 0 Å². The first-order chi connectivity index (χ1) is 14.6. The van der Waals surface area contributed by atoms with Gasteiger partial charge in [-0.3, -0.25) is 10.00 Å². The van der Waals surface area contributed by atoms with Crippen molar-refractivity contribution in [2.24, 2.45) is 17.8 Å². The Bertz CT molecular complexity index is 878. The Morgan fingerprint density at radius 2 is 1.90 bits per heavy atom. The van der Waals surface area contributed by atoms with Crippen LogP contribution in [0.3, 0.4) is 0 Å². The summed E-state index contributed by atoms with van der Waals surface area (Å²) in [6, 6.07) is 0.336. The highest BCUT2D eigenvalue weighted by Crippen LogP contribution is 2.44. The molecule has 1 saturated heterocycles. The lowest BCUT2D eigenvalue weighted by molar-refractivity contribution is -0.0375. The Balaban J connectivity index is 1.18. The van der Waals surface area contributed by atoms with E-state index >= 15 is 0 Å². The van der Waals surface area contributed by atoms with E-state index in [0.717, 1.165) is 49.4 Å². The zero-order chi connectivity index (χ0) is 20.2. The summed E-state index contributed by atoms with van der Waals surface area (Å²) in [5, 5.41) is 16.6. The first kappa shape index (κ1) is 19.0. The van der Waals surface area contributed by atoms with Gasteiger partial charge >= 0.3 is 0 Å². The number of nitrogens with one attached hydrogen (secondary N) is 1. The number of aryl methyl sites for hydroxylation is 2. The predicted molar refractivity (Wildman–Crippen MR) is 113 cm³/mol. The van der Waals surface area contributed by atoms with Crippen LogP contribution in [0.1, 0.15) is 73.1 Å². The van der Waals surface area contributed by atoms with Crippen molar-refractivity contribution >= 4 is 0 Å². The fourth-order valence-electron chi connectivity index (χ4n) is 5.67. The quantitative estimate of drug-likeness (QED) is 0.758. The highest BCUT2D eigenvalue weighted by atomic mass is 16.5. The number of hydrogen-bond donors (Lipinski definition) is 1. The van der Waals surface area contributed by atoms with E-state index in [2.05, 4.69) is 50.1 Å². The van der Waals surface area contributed by atoms with Crippen molar-refractivity contribution in [3.63, 3.8) is 0 Å². The first-order valence-electron chi connectivity index (χ1n) is 11.9. The minimum atomic E-state index is 0.276. The van der Waals surface area contributed by atoms with Crippen LogP contribution in [0.4, 0.5) is 0 Å². The van der Waals surface area contributed by atoms with Crippen LogP contribution in [-0.4, -0.2) is 55.9 Å². The molecule has 30 heavy (non-hydrogen) atoms. The largest absolute Gasteiger partial charge is 0.376 e. The van der Waals surface area contributed by atoms with Crippen molar-refractivity contribution < 1.29 is 4.74 Å². The van der Waals surface area contributed by atoms with Gasteiger partial charge in [-0.25, -0.2) is 4.68 Å². The molecule has 7 nitrogen and oxygen atoms in total. The molecule has 4 aliphatic rings. The molecule has 3 heterocycles. The normalized spacial score (nSPS) is 31.9. The summed E-state index contributed by atoms with van der Waals surface area (Å²) < 4.78 is 8.69. The van der Waals surface area contributed by atoms with E-state index in [1.54, 1.807) is 0 Å². The molecule has 0 unspecified atom stereocenters. The lowest BCUT2D eigenvalue weighted by Crippen LogP contribution is -2.38. The molecular weight excluding hydrogens is 376 g/mol. The highest BCUT2D eigenvalue weighted by molar-refractivity contribution is 5.23. The molecule has 1 N–H and O–H groups in total. The van der Waals surface area contributed by atoms with Gasteiger partial charge in [-0.05, 0) is 70.1 Å². The minimum Gasteiger partial charge on any atom is -0.376 e. The Morgan fingerprint density at radius 3 is 2.60 bits per heavy atom. The monoisotopic (exact) mass is 410 g/mol. The SMILES string of the molecule is Cc1n[nH]c(C)c1CN1C[C@H]2C[C@@H](n3cc(C4CC4)nn3)[C@H](OCC3CC3)C[C@H]2C1. The van der Waals surface area contributed by atoms with Crippen molar-refractivity contribution in [2.75, 3.05) is 19.7 Å². The third-order valence-corrected chi connectivity index (χ3v) is 7.93. The summed E-state index contributed by atoms with van der Waals surface area (Å²) in [6.07, 6.45) is 10.0. The molecule has 0 spiro atoms. The van der Waals surface area contributed by atoms with Crippen molar-refractivity contribution in [3.8, 4) is 0 Å². The molecule has 3 aliphatic carbocycles. The van der Waals surface area contributed by atoms with Gasteiger partial charge in [0.1, 0.15) is 0 Å². The molecule has 1 aliphatic heterocycles. The standard InChI is InChI=1S/C23H34N6O/c1-14-20(15(2)25-24-14)11-28-9-18-7-22(29-12-21(26-27-29)17-5-6-17)23(8-19(18)10-28)30-13-16-3-4-16/h12,16-19,22-23H,3-11,13H2,1-2H3,(H,24,25)/t18-,19+,22-,23-/m1/s1. The van der Waals surface area contributed by atoms with Crippen LogP contribution >= 0.6 is 0 Å². The number of ether oxygens (including phenoxy) is 1. The number of nitrogens with zero attached hydrogens (tertiary/aromatic N) is 5. The average molecular weight is 411 g/mol. The molecule has 0 bridgehead atoms. The molecule has 162 valence electrons. The van der Waals surface area contributed by atoms with Gasteiger partial charge in [0, 0.05) is 49.6 Å². The van der Waals surface area contributed by atoms with Crippen LogP contribution in [0.15, 0.2) is 6.20 Å². The van der Waals surface area contributed by atoms with Crippen molar-refractivity contribution in [1.82, 2.24) is 30.1 Å². The minimum absolute atomic E-state index is 0.276. The number of H-pyrrole nitrogens is 1. The third-order valence-electron chi connectivity index (χ3n) is 7.93. The molecular formula is C23H34N6O.